The zero-order valence-electron chi connectivity index (χ0n) is 8.75. The van der Waals surface area contributed by atoms with Crippen molar-refractivity contribution in [3.05, 3.63) is 34.3 Å². The Bertz CT molecular complexity index is 323. The average molecular weight is 269 g/mol. The molecule has 0 amide bonds. The predicted molar refractivity (Wildman–Crippen MR) is 66.3 cm³/mol. The Balaban J connectivity index is 1.95. The number of nitrogens with one attached hydrogen (secondary N) is 1. The van der Waals surface area contributed by atoms with E-state index in [1.165, 1.54) is 29.3 Å². The van der Waals surface area contributed by atoms with Crippen LogP contribution in [0.5, 0.6) is 0 Å². The van der Waals surface area contributed by atoms with Gasteiger partial charge in [-0.15, -0.1) is 0 Å². The first-order valence-electron chi connectivity index (χ1n) is 5.49. The molecule has 1 aromatic rings. The standard InChI is InChI=1S/C12H17BrN2/c13-12-4-2-1-3-10(12)8-11(15-14)7-9-5-6-9/h1-4,9,11,15H,5-8,14H2. The summed E-state index contributed by atoms with van der Waals surface area (Å²) in [5.74, 6) is 6.49. The van der Waals surface area contributed by atoms with E-state index in [0.717, 1.165) is 12.3 Å². The second-order valence-electron chi connectivity index (χ2n) is 4.34. The van der Waals surface area contributed by atoms with Crippen LogP contribution < -0.4 is 11.3 Å². The van der Waals surface area contributed by atoms with Gasteiger partial charge >= 0.3 is 0 Å². The van der Waals surface area contributed by atoms with Gasteiger partial charge in [0, 0.05) is 10.5 Å². The maximum atomic E-state index is 5.58. The lowest BCUT2D eigenvalue weighted by Crippen LogP contribution is -2.37. The van der Waals surface area contributed by atoms with Crippen molar-refractivity contribution in [2.24, 2.45) is 11.8 Å². The molecule has 15 heavy (non-hydrogen) atoms. The molecule has 1 aliphatic carbocycles. The number of hydrazine groups is 1. The summed E-state index contributed by atoms with van der Waals surface area (Å²) in [6, 6.07) is 8.77. The zero-order chi connectivity index (χ0) is 10.7. The van der Waals surface area contributed by atoms with Crippen LogP contribution in [0.15, 0.2) is 28.7 Å². The molecule has 0 radical (unpaired) electrons. The SMILES string of the molecule is NNC(Cc1ccccc1Br)CC1CC1. The van der Waals surface area contributed by atoms with Crippen LogP contribution in [0.25, 0.3) is 0 Å². The highest BCUT2D eigenvalue weighted by Gasteiger charge is 2.25. The summed E-state index contributed by atoms with van der Waals surface area (Å²) >= 11 is 3.57. The fraction of sp³-hybridized carbons (Fsp3) is 0.500. The van der Waals surface area contributed by atoms with E-state index in [1.54, 1.807) is 0 Å². The first-order valence-corrected chi connectivity index (χ1v) is 6.28. The maximum Gasteiger partial charge on any atom is 0.0253 e. The van der Waals surface area contributed by atoms with Gasteiger partial charge < -0.3 is 0 Å². The largest absolute Gasteiger partial charge is 0.271 e. The van der Waals surface area contributed by atoms with Gasteiger partial charge in [0.2, 0.25) is 0 Å². The van der Waals surface area contributed by atoms with Crippen LogP contribution in [0.4, 0.5) is 0 Å². The molecule has 1 atom stereocenters. The second kappa shape index (κ2) is 5.10. The van der Waals surface area contributed by atoms with Crippen LogP contribution in [-0.2, 0) is 6.42 Å². The summed E-state index contributed by atoms with van der Waals surface area (Å²) in [6.07, 6.45) is 4.98. The van der Waals surface area contributed by atoms with E-state index in [0.29, 0.717) is 6.04 Å². The average Bonchev–Trinajstić information content (AvgIpc) is 3.04. The highest BCUT2D eigenvalue weighted by Crippen LogP contribution is 2.34. The van der Waals surface area contributed by atoms with Crippen LogP contribution in [0.2, 0.25) is 0 Å². The number of halogens is 1. The molecule has 1 saturated carbocycles. The molecule has 1 fully saturated rings. The maximum absolute atomic E-state index is 5.58. The van der Waals surface area contributed by atoms with Crippen molar-refractivity contribution in [2.45, 2.75) is 31.7 Å². The van der Waals surface area contributed by atoms with Gasteiger partial charge in [-0.05, 0) is 30.4 Å². The quantitative estimate of drug-likeness (QED) is 0.637. The van der Waals surface area contributed by atoms with Crippen molar-refractivity contribution in [3.63, 3.8) is 0 Å². The zero-order valence-corrected chi connectivity index (χ0v) is 10.3. The second-order valence-corrected chi connectivity index (χ2v) is 5.19. The highest BCUT2D eigenvalue weighted by atomic mass is 79.9. The van der Waals surface area contributed by atoms with Gasteiger partial charge in [-0.25, -0.2) is 0 Å². The molecule has 3 N–H and O–H groups in total. The first-order chi connectivity index (χ1) is 7.29. The Kier molecular flexibility index (Phi) is 3.78. The lowest BCUT2D eigenvalue weighted by molar-refractivity contribution is 0.465. The van der Waals surface area contributed by atoms with Crippen LogP contribution in [-0.4, -0.2) is 6.04 Å². The summed E-state index contributed by atoms with van der Waals surface area (Å²) in [7, 11) is 0. The summed E-state index contributed by atoms with van der Waals surface area (Å²) in [5.41, 5.74) is 4.26. The molecule has 82 valence electrons. The third kappa shape index (κ3) is 3.30. The minimum absolute atomic E-state index is 0.413. The monoisotopic (exact) mass is 268 g/mol. The van der Waals surface area contributed by atoms with E-state index in [2.05, 4.69) is 39.6 Å². The molecule has 0 aliphatic heterocycles. The Labute approximate surface area is 99.3 Å². The molecular formula is C12H17BrN2. The summed E-state index contributed by atoms with van der Waals surface area (Å²) in [6.45, 7) is 0. The van der Waals surface area contributed by atoms with Crippen molar-refractivity contribution in [3.8, 4) is 0 Å². The lowest BCUT2D eigenvalue weighted by atomic mass is 10.0. The van der Waals surface area contributed by atoms with Crippen LogP contribution in [0.3, 0.4) is 0 Å². The molecule has 1 unspecified atom stereocenters. The van der Waals surface area contributed by atoms with Crippen LogP contribution in [0.1, 0.15) is 24.8 Å². The molecular weight excluding hydrogens is 252 g/mol. The van der Waals surface area contributed by atoms with E-state index in [4.69, 9.17) is 5.84 Å². The Morgan fingerprint density at radius 2 is 2.13 bits per heavy atom. The Morgan fingerprint density at radius 3 is 2.73 bits per heavy atom. The summed E-state index contributed by atoms with van der Waals surface area (Å²) < 4.78 is 1.18. The number of benzene rings is 1. The van der Waals surface area contributed by atoms with Crippen molar-refractivity contribution < 1.29 is 0 Å². The fourth-order valence-corrected chi connectivity index (χ4v) is 2.34. The number of hydrogen-bond acceptors (Lipinski definition) is 2. The predicted octanol–water partition coefficient (Wildman–Crippen LogP) is 2.62. The molecule has 0 saturated heterocycles. The molecule has 0 heterocycles. The number of hydrogen-bond donors (Lipinski definition) is 2. The minimum atomic E-state index is 0.413. The first kappa shape index (κ1) is 11.1. The molecule has 0 bridgehead atoms. The van der Waals surface area contributed by atoms with Gasteiger partial charge in [0.1, 0.15) is 0 Å². The highest BCUT2D eigenvalue weighted by molar-refractivity contribution is 9.10. The molecule has 1 aliphatic rings. The van der Waals surface area contributed by atoms with E-state index >= 15 is 0 Å². The number of nitrogens with two attached hydrogens (primary N) is 1. The summed E-state index contributed by atoms with van der Waals surface area (Å²) in [5, 5.41) is 0. The van der Waals surface area contributed by atoms with E-state index < -0.39 is 0 Å². The molecule has 2 nitrogen and oxygen atoms in total. The van der Waals surface area contributed by atoms with Crippen LogP contribution >= 0.6 is 15.9 Å². The molecule has 1 aromatic carbocycles. The summed E-state index contributed by atoms with van der Waals surface area (Å²) in [4.78, 5) is 0. The van der Waals surface area contributed by atoms with Crippen molar-refractivity contribution in [1.82, 2.24) is 5.43 Å². The Hall–Kier alpha value is -0.380. The third-order valence-corrected chi connectivity index (χ3v) is 3.75. The fourth-order valence-electron chi connectivity index (χ4n) is 1.90. The van der Waals surface area contributed by atoms with Crippen molar-refractivity contribution >= 4 is 15.9 Å². The van der Waals surface area contributed by atoms with Gasteiger partial charge in [0.05, 0.1) is 0 Å². The van der Waals surface area contributed by atoms with Gasteiger partial charge in [0.25, 0.3) is 0 Å². The molecule has 2 rings (SSSR count). The minimum Gasteiger partial charge on any atom is -0.271 e. The van der Waals surface area contributed by atoms with Gasteiger partial charge in [-0.3, -0.25) is 11.3 Å². The molecule has 0 aromatic heterocycles. The lowest BCUT2D eigenvalue weighted by Gasteiger charge is -2.16. The number of rotatable bonds is 5. The Morgan fingerprint density at radius 1 is 1.40 bits per heavy atom. The normalized spacial score (nSPS) is 17.7. The van der Waals surface area contributed by atoms with Gasteiger partial charge in [-0.1, -0.05) is 47.0 Å². The third-order valence-electron chi connectivity index (χ3n) is 2.97. The van der Waals surface area contributed by atoms with Crippen LogP contribution in [0, 0.1) is 5.92 Å². The van der Waals surface area contributed by atoms with E-state index in [9.17, 15) is 0 Å². The van der Waals surface area contributed by atoms with E-state index in [-0.39, 0.29) is 0 Å². The van der Waals surface area contributed by atoms with Gasteiger partial charge in [0.15, 0.2) is 0 Å². The molecule has 3 heteroatoms. The van der Waals surface area contributed by atoms with Crippen molar-refractivity contribution in [1.29, 1.82) is 0 Å². The molecule has 0 spiro atoms. The van der Waals surface area contributed by atoms with Gasteiger partial charge in [-0.2, -0.15) is 0 Å². The van der Waals surface area contributed by atoms with E-state index in [1.807, 2.05) is 6.07 Å². The van der Waals surface area contributed by atoms with Crippen molar-refractivity contribution in [2.75, 3.05) is 0 Å². The smallest absolute Gasteiger partial charge is 0.0253 e. The topological polar surface area (TPSA) is 38.0 Å².